The molecule has 0 saturated carbocycles. The highest BCUT2D eigenvalue weighted by molar-refractivity contribution is 7.10. The van der Waals surface area contributed by atoms with E-state index in [0.717, 1.165) is 32.7 Å². The summed E-state index contributed by atoms with van der Waals surface area (Å²) in [6.07, 6.45) is 2.56. The molecular weight excluding hydrogens is 282 g/mol. The van der Waals surface area contributed by atoms with Gasteiger partial charge in [-0.15, -0.1) is 11.3 Å². The second-order valence-electron chi connectivity index (χ2n) is 6.23. The molecule has 2 N–H and O–H groups in total. The number of likely N-dealkylation sites (tertiary alicyclic amines) is 1. The Kier molecular flexibility index (Phi) is 4.93. The van der Waals surface area contributed by atoms with E-state index in [2.05, 4.69) is 40.0 Å². The highest BCUT2D eigenvalue weighted by Crippen LogP contribution is 2.28. The first-order valence-corrected chi connectivity index (χ1v) is 8.89. The van der Waals surface area contributed by atoms with Crippen LogP contribution in [-0.4, -0.2) is 43.5 Å². The van der Waals surface area contributed by atoms with Crippen LogP contribution in [0.25, 0.3) is 0 Å². The average molecular weight is 307 g/mol. The predicted octanol–water partition coefficient (Wildman–Crippen LogP) is 1.86. The van der Waals surface area contributed by atoms with Crippen LogP contribution in [0.3, 0.4) is 0 Å². The molecule has 0 aromatic carbocycles. The van der Waals surface area contributed by atoms with E-state index in [9.17, 15) is 4.79 Å². The van der Waals surface area contributed by atoms with Crippen molar-refractivity contribution < 1.29 is 4.79 Å². The Hall–Kier alpha value is -0.910. The monoisotopic (exact) mass is 307 g/mol. The quantitative estimate of drug-likeness (QED) is 0.843. The summed E-state index contributed by atoms with van der Waals surface area (Å²) in [5.41, 5.74) is 0. The standard InChI is InChI=1S/C16H25N3OS/c1-12(13-9-17-10-13)16(20)18-11-14(15-5-4-8-21-15)19-6-2-3-7-19/h4-5,8,12-14,17H,2-3,6-7,9-11H2,1H3,(H,18,20). The van der Waals surface area contributed by atoms with Crippen molar-refractivity contribution in [2.75, 3.05) is 32.7 Å². The second-order valence-corrected chi connectivity index (χ2v) is 7.21. The molecule has 1 aromatic rings. The lowest BCUT2D eigenvalue weighted by Crippen LogP contribution is -2.50. The fraction of sp³-hybridized carbons (Fsp3) is 0.688. The molecule has 2 saturated heterocycles. The molecule has 2 atom stereocenters. The lowest BCUT2D eigenvalue weighted by Gasteiger charge is -2.33. The zero-order valence-electron chi connectivity index (χ0n) is 12.7. The number of carbonyl (C=O) groups excluding carboxylic acids is 1. The minimum Gasteiger partial charge on any atom is -0.354 e. The van der Waals surface area contributed by atoms with Crippen LogP contribution in [0.4, 0.5) is 0 Å². The topological polar surface area (TPSA) is 44.4 Å². The maximum absolute atomic E-state index is 12.3. The fourth-order valence-corrected chi connectivity index (χ4v) is 4.04. The Morgan fingerprint density at radius 1 is 1.48 bits per heavy atom. The molecular formula is C16H25N3OS. The first-order chi connectivity index (χ1) is 10.3. The van der Waals surface area contributed by atoms with Gasteiger partial charge in [0, 0.05) is 17.3 Å². The molecule has 0 bridgehead atoms. The summed E-state index contributed by atoms with van der Waals surface area (Å²) < 4.78 is 0. The van der Waals surface area contributed by atoms with Crippen molar-refractivity contribution in [3.05, 3.63) is 22.4 Å². The number of hydrogen-bond acceptors (Lipinski definition) is 4. The Morgan fingerprint density at radius 3 is 2.81 bits per heavy atom. The van der Waals surface area contributed by atoms with Crippen molar-refractivity contribution >= 4 is 17.2 Å². The van der Waals surface area contributed by atoms with Gasteiger partial charge >= 0.3 is 0 Å². The Morgan fingerprint density at radius 2 is 2.24 bits per heavy atom. The Balaban J connectivity index is 1.57. The van der Waals surface area contributed by atoms with Crippen LogP contribution in [0, 0.1) is 11.8 Å². The van der Waals surface area contributed by atoms with Crippen molar-refractivity contribution in [3.63, 3.8) is 0 Å². The van der Waals surface area contributed by atoms with E-state index in [1.165, 1.54) is 17.7 Å². The average Bonchev–Trinajstić information content (AvgIpc) is 3.09. The summed E-state index contributed by atoms with van der Waals surface area (Å²) in [5.74, 6) is 0.841. The maximum Gasteiger partial charge on any atom is 0.223 e. The minimum atomic E-state index is 0.119. The third-order valence-corrected chi connectivity index (χ3v) is 5.83. The summed E-state index contributed by atoms with van der Waals surface area (Å²) >= 11 is 1.80. The van der Waals surface area contributed by atoms with Crippen LogP contribution in [-0.2, 0) is 4.79 Å². The van der Waals surface area contributed by atoms with Crippen LogP contribution in [0.5, 0.6) is 0 Å². The molecule has 116 valence electrons. The lowest BCUT2D eigenvalue weighted by atomic mass is 9.88. The van der Waals surface area contributed by atoms with E-state index in [0.29, 0.717) is 12.0 Å². The van der Waals surface area contributed by atoms with Gasteiger partial charge in [-0.25, -0.2) is 0 Å². The molecule has 0 radical (unpaired) electrons. The second kappa shape index (κ2) is 6.90. The SMILES string of the molecule is CC(C(=O)NCC(c1cccs1)N1CCCC1)C1CNC1. The van der Waals surface area contributed by atoms with Gasteiger partial charge in [0.15, 0.2) is 0 Å². The molecule has 2 fully saturated rings. The third kappa shape index (κ3) is 3.47. The van der Waals surface area contributed by atoms with E-state index >= 15 is 0 Å². The largest absolute Gasteiger partial charge is 0.354 e. The molecule has 2 aliphatic heterocycles. The highest BCUT2D eigenvalue weighted by Gasteiger charge is 2.30. The van der Waals surface area contributed by atoms with E-state index in [1.807, 2.05) is 0 Å². The van der Waals surface area contributed by atoms with Gasteiger partial charge in [0.25, 0.3) is 0 Å². The van der Waals surface area contributed by atoms with Gasteiger partial charge in [-0.1, -0.05) is 13.0 Å². The summed E-state index contributed by atoms with van der Waals surface area (Å²) in [6, 6.07) is 4.65. The van der Waals surface area contributed by atoms with Gasteiger partial charge in [-0.2, -0.15) is 0 Å². The third-order valence-electron chi connectivity index (χ3n) is 4.86. The van der Waals surface area contributed by atoms with Gasteiger partial charge in [0.05, 0.1) is 6.04 Å². The number of nitrogens with one attached hydrogen (secondary N) is 2. The molecule has 2 unspecified atom stereocenters. The van der Waals surface area contributed by atoms with E-state index in [-0.39, 0.29) is 11.8 Å². The number of hydrogen-bond donors (Lipinski definition) is 2. The number of rotatable bonds is 6. The summed E-state index contributed by atoms with van der Waals surface area (Å²) in [7, 11) is 0. The zero-order valence-corrected chi connectivity index (χ0v) is 13.5. The molecule has 0 spiro atoms. The zero-order chi connectivity index (χ0) is 14.7. The van der Waals surface area contributed by atoms with E-state index in [4.69, 9.17) is 0 Å². The molecule has 4 nitrogen and oxygen atoms in total. The Labute approximate surface area is 130 Å². The first-order valence-electron chi connectivity index (χ1n) is 8.01. The molecule has 3 heterocycles. The summed E-state index contributed by atoms with van der Waals surface area (Å²) in [4.78, 5) is 16.2. The van der Waals surface area contributed by atoms with Crippen LogP contribution in [0.2, 0.25) is 0 Å². The van der Waals surface area contributed by atoms with Gasteiger partial charge in [-0.3, -0.25) is 9.69 Å². The summed E-state index contributed by atoms with van der Waals surface area (Å²) in [5, 5.41) is 8.57. The lowest BCUT2D eigenvalue weighted by molar-refractivity contribution is -0.126. The van der Waals surface area contributed by atoms with Crippen LogP contribution >= 0.6 is 11.3 Å². The van der Waals surface area contributed by atoms with Crippen molar-refractivity contribution in [2.24, 2.45) is 11.8 Å². The Bertz CT molecular complexity index is 452. The molecule has 0 aliphatic carbocycles. The molecule has 1 amide bonds. The van der Waals surface area contributed by atoms with Crippen molar-refractivity contribution in [1.82, 2.24) is 15.5 Å². The number of amides is 1. The highest BCUT2D eigenvalue weighted by atomic mass is 32.1. The van der Waals surface area contributed by atoms with Crippen molar-refractivity contribution in [2.45, 2.75) is 25.8 Å². The minimum absolute atomic E-state index is 0.119. The smallest absolute Gasteiger partial charge is 0.223 e. The normalized spacial score (nSPS) is 22.7. The number of nitrogens with zero attached hydrogens (tertiary/aromatic N) is 1. The van der Waals surface area contributed by atoms with Crippen LogP contribution in [0.15, 0.2) is 17.5 Å². The van der Waals surface area contributed by atoms with Gasteiger partial charge in [0.1, 0.15) is 0 Å². The van der Waals surface area contributed by atoms with Gasteiger partial charge < -0.3 is 10.6 Å². The number of carbonyl (C=O) groups is 1. The molecule has 21 heavy (non-hydrogen) atoms. The summed E-state index contributed by atoms with van der Waals surface area (Å²) in [6.45, 7) is 7.06. The van der Waals surface area contributed by atoms with Crippen LogP contribution < -0.4 is 10.6 Å². The first kappa shape index (κ1) is 15.0. The van der Waals surface area contributed by atoms with Gasteiger partial charge in [0.2, 0.25) is 5.91 Å². The molecule has 3 rings (SSSR count). The van der Waals surface area contributed by atoms with Crippen molar-refractivity contribution in [3.8, 4) is 0 Å². The number of thiophene rings is 1. The fourth-order valence-electron chi connectivity index (χ4n) is 3.18. The van der Waals surface area contributed by atoms with E-state index in [1.54, 1.807) is 11.3 Å². The van der Waals surface area contributed by atoms with Gasteiger partial charge in [-0.05, 0) is 56.4 Å². The van der Waals surface area contributed by atoms with Crippen molar-refractivity contribution in [1.29, 1.82) is 0 Å². The molecule has 5 heteroatoms. The molecule has 1 aromatic heterocycles. The van der Waals surface area contributed by atoms with Crippen LogP contribution in [0.1, 0.15) is 30.7 Å². The molecule has 2 aliphatic rings. The predicted molar refractivity (Wildman–Crippen MR) is 86.4 cm³/mol. The maximum atomic E-state index is 12.3. The van der Waals surface area contributed by atoms with E-state index < -0.39 is 0 Å².